The molecule has 2 N–H and O–H groups in total. The third-order valence-electron chi connectivity index (χ3n) is 2.84. The average Bonchev–Trinajstić information content (AvgIpc) is 2.48. The maximum atomic E-state index is 9.41. The van der Waals surface area contributed by atoms with E-state index in [-0.39, 0.29) is 10.8 Å². The van der Waals surface area contributed by atoms with Gasteiger partial charge < -0.3 is 15.2 Å². The molecule has 0 heterocycles. The lowest BCUT2D eigenvalue weighted by Crippen LogP contribution is -2.09. The first-order valence-corrected chi connectivity index (χ1v) is 6.31. The number of hydrogen-bond acceptors (Lipinski definition) is 4. The lowest BCUT2D eigenvalue weighted by Gasteiger charge is -2.16. The molecule has 0 radical (unpaired) electrons. The van der Waals surface area contributed by atoms with Gasteiger partial charge in [0.25, 0.3) is 0 Å². The number of methoxy groups -OCH3 is 1. The molecule has 1 unspecified atom stereocenters. The number of hydrogen-bond donors (Lipinski definition) is 2. The number of anilines is 1. The highest BCUT2D eigenvalue weighted by Gasteiger charge is 2.14. The third kappa shape index (κ3) is 2.95. The van der Waals surface area contributed by atoms with Crippen molar-refractivity contribution in [2.75, 3.05) is 12.4 Å². The summed E-state index contributed by atoms with van der Waals surface area (Å²) >= 11 is 5.86. The minimum absolute atomic E-state index is 0.00982. The third-order valence-corrected chi connectivity index (χ3v) is 3.14. The summed E-state index contributed by atoms with van der Waals surface area (Å²) in [6.07, 6.45) is 0. The second-order valence-corrected chi connectivity index (χ2v) is 4.52. The van der Waals surface area contributed by atoms with Crippen molar-refractivity contribution in [3.63, 3.8) is 0 Å². The molecule has 0 aliphatic carbocycles. The highest BCUT2D eigenvalue weighted by Crippen LogP contribution is 2.30. The Balaban J connectivity index is 2.29. The summed E-state index contributed by atoms with van der Waals surface area (Å²) in [5.41, 5.74) is 1.38. The summed E-state index contributed by atoms with van der Waals surface area (Å²) in [6.45, 7) is 0. The molecular weight excluding hydrogens is 276 g/mol. The zero-order chi connectivity index (χ0) is 14.5. The monoisotopic (exact) mass is 288 g/mol. The summed E-state index contributed by atoms with van der Waals surface area (Å²) in [5, 5.41) is 22.0. The van der Waals surface area contributed by atoms with Gasteiger partial charge >= 0.3 is 0 Å². The van der Waals surface area contributed by atoms with Gasteiger partial charge in [0, 0.05) is 0 Å². The maximum absolute atomic E-state index is 9.41. The van der Waals surface area contributed by atoms with E-state index >= 15 is 0 Å². The van der Waals surface area contributed by atoms with Gasteiger partial charge in [-0.25, -0.2) is 0 Å². The van der Waals surface area contributed by atoms with Crippen molar-refractivity contribution >= 4 is 17.3 Å². The number of nitrogens with zero attached hydrogens (tertiary/aromatic N) is 1. The van der Waals surface area contributed by atoms with Crippen molar-refractivity contribution in [2.24, 2.45) is 0 Å². The summed E-state index contributed by atoms with van der Waals surface area (Å²) in [5.74, 6) is 0.641. The van der Waals surface area contributed by atoms with Crippen LogP contribution in [0.3, 0.4) is 0 Å². The Kier molecular flexibility index (Phi) is 4.34. The minimum atomic E-state index is -0.593. The standard InChI is InChI=1S/C15H13ClN2O2/c1-20-15-5-3-2-4-12(15)18-13(9-17)10-6-7-14(19)11(16)8-10/h2-8,13,18-19H,1H3. The smallest absolute Gasteiger partial charge is 0.141 e. The van der Waals surface area contributed by atoms with E-state index in [4.69, 9.17) is 16.3 Å². The van der Waals surface area contributed by atoms with Gasteiger partial charge in [0.2, 0.25) is 0 Å². The van der Waals surface area contributed by atoms with E-state index in [1.54, 1.807) is 25.3 Å². The highest BCUT2D eigenvalue weighted by atomic mass is 35.5. The Morgan fingerprint density at radius 1 is 1.30 bits per heavy atom. The summed E-state index contributed by atoms with van der Waals surface area (Å²) in [7, 11) is 1.57. The van der Waals surface area contributed by atoms with E-state index in [2.05, 4.69) is 11.4 Å². The van der Waals surface area contributed by atoms with Crippen LogP contribution in [0.1, 0.15) is 11.6 Å². The summed E-state index contributed by atoms with van der Waals surface area (Å²) in [6, 6.07) is 13.6. The van der Waals surface area contributed by atoms with Gasteiger partial charge in [0.1, 0.15) is 17.5 Å². The SMILES string of the molecule is COc1ccccc1NC(C#N)c1ccc(O)c(Cl)c1. The topological polar surface area (TPSA) is 65.3 Å². The number of phenols is 1. The number of nitrogens with one attached hydrogen (secondary N) is 1. The fourth-order valence-corrected chi connectivity index (χ4v) is 2.00. The van der Waals surface area contributed by atoms with Crippen LogP contribution in [0.4, 0.5) is 5.69 Å². The Morgan fingerprint density at radius 3 is 2.70 bits per heavy atom. The van der Waals surface area contributed by atoms with Gasteiger partial charge in [0.05, 0.1) is 23.9 Å². The fourth-order valence-electron chi connectivity index (χ4n) is 1.81. The normalized spacial score (nSPS) is 11.4. The molecule has 0 saturated heterocycles. The lowest BCUT2D eigenvalue weighted by atomic mass is 10.1. The van der Waals surface area contributed by atoms with Gasteiger partial charge in [-0.15, -0.1) is 0 Å². The molecule has 2 rings (SSSR count). The summed E-state index contributed by atoms with van der Waals surface area (Å²) in [4.78, 5) is 0. The van der Waals surface area contributed by atoms with Crippen LogP contribution in [-0.2, 0) is 0 Å². The largest absolute Gasteiger partial charge is 0.506 e. The number of halogens is 1. The van der Waals surface area contributed by atoms with Gasteiger partial charge in [-0.05, 0) is 29.8 Å². The predicted octanol–water partition coefficient (Wildman–Crippen LogP) is 3.73. The molecular formula is C15H13ClN2O2. The maximum Gasteiger partial charge on any atom is 0.141 e. The summed E-state index contributed by atoms with van der Waals surface area (Å²) < 4.78 is 5.23. The molecule has 2 aromatic rings. The number of aromatic hydroxyl groups is 1. The molecule has 2 aromatic carbocycles. The molecule has 20 heavy (non-hydrogen) atoms. The van der Waals surface area contributed by atoms with Crippen LogP contribution in [0.2, 0.25) is 5.02 Å². The predicted molar refractivity (Wildman–Crippen MR) is 78.1 cm³/mol. The number of para-hydroxylation sites is 2. The molecule has 0 saturated carbocycles. The van der Waals surface area contributed by atoms with Crippen molar-refractivity contribution in [1.82, 2.24) is 0 Å². The molecule has 5 heteroatoms. The van der Waals surface area contributed by atoms with Crippen molar-refractivity contribution in [3.8, 4) is 17.6 Å². The van der Waals surface area contributed by atoms with E-state index in [9.17, 15) is 10.4 Å². The molecule has 1 atom stereocenters. The molecule has 0 spiro atoms. The molecule has 0 bridgehead atoms. The molecule has 0 amide bonds. The van der Waals surface area contributed by atoms with E-state index in [0.717, 1.165) is 0 Å². The van der Waals surface area contributed by atoms with Crippen molar-refractivity contribution in [1.29, 1.82) is 5.26 Å². The van der Waals surface area contributed by atoms with E-state index in [1.807, 2.05) is 18.2 Å². The first-order chi connectivity index (χ1) is 9.65. The molecule has 0 aromatic heterocycles. The van der Waals surface area contributed by atoms with Crippen LogP contribution in [0.15, 0.2) is 42.5 Å². The Bertz CT molecular complexity index is 653. The number of phenolic OH excluding ortho intramolecular Hbond substituents is 1. The first kappa shape index (κ1) is 14.0. The second-order valence-electron chi connectivity index (χ2n) is 4.12. The molecule has 0 aliphatic heterocycles. The zero-order valence-electron chi connectivity index (χ0n) is 10.8. The van der Waals surface area contributed by atoms with Crippen LogP contribution in [0.5, 0.6) is 11.5 Å². The van der Waals surface area contributed by atoms with E-state index < -0.39 is 6.04 Å². The van der Waals surface area contributed by atoms with Crippen LogP contribution < -0.4 is 10.1 Å². The van der Waals surface area contributed by atoms with E-state index in [1.165, 1.54) is 6.07 Å². The fraction of sp³-hybridized carbons (Fsp3) is 0.133. The van der Waals surface area contributed by atoms with Crippen LogP contribution >= 0.6 is 11.6 Å². The Labute approximate surface area is 122 Å². The molecule has 0 fully saturated rings. The van der Waals surface area contributed by atoms with Crippen molar-refractivity contribution < 1.29 is 9.84 Å². The van der Waals surface area contributed by atoms with E-state index in [0.29, 0.717) is 17.0 Å². The number of benzene rings is 2. The number of rotatable bonds is 4. The Morgan fingerprint density at radius 2 is 2.05 bits per heavy atom. The number of nitriles is 1. The lowest BCUT2D eigenvalue weighted by molar-refractivity contribution is 0.416. The molecule has 102 valence electrons. The molecule has 4 nitrogen and oxygen atoms in total. The quantitative estimate of drug-likeness (QED) is 0.899. The average molecular weight is 289 g/mol. The molecule has 0 aliphatic rings. The Hall–Kier alpha value is -2.38. The second kappa shape index (κ2) is 6.18. The van der Waals surface area contributed by atoms with Gasteiger partial charge in [0.15, 0.2) is 0 Å². The van der Waals surface area contributed by atoms with Crippen LogP contribution in [0, 0.1) is 11.3 Å². The zero-order valence-corrected chi connectivity index (χ0v) is 11.6. The van der Waals surface area contributed by atoms with Crippen LogP contribution in [-0.4, -0.2) is 12.2 Å². The van der Waals surface area contributed by atoms with Gasteiger partial charge in [-0.1, -0.05) is 29.8 Å². The van der Waals surface area contributed by atoms with Crippen LogP contribution in [0.25, 0.3) is 0 Å². The minimum Gasteiger partial charge on any atom is -0.506 e. The number of ether oxygens (including phenoxy) is 1. The highest BCUT2D eigenvalue weighted by molar-refractivity contribution is 6.32. The van der Waals surface area contributed by atoms with Crippen molar-refractivity contribution in [2.45, 2.75) is 6.04 Å². The van der Waals surface area contributed by atoms with Crippen molar-refractivity contribution in [3.05, 3.63) is 53.1 Å². The van der Waals surface area contributed by atoms with Gasteiger partial charge in [-0.3, -0.25) is 0 Å². The van der Waals surface area contributed by atoms with Gasteiger partial charge in [-0.2, -0.15) is 5.26 Å². The first-order valence-electron chi connectivity index (χ1n) is 5.93.